The molecule has 0 bridgehead atoms. The van der Waals surface area contributed by atoms with E-state index >= 15 is 0 Å². The molecule has 1 saturated heterocycles. The Labute approximate surface area is 151 Å². The predicted octanol–water partition coefficient (Wildman–Crippen LogP) is 3.22. The Morgan fingerprint density at radius 3 is 1.80 bits per heavy atom. The van der Waals surface area contributed by atoms with E-state index in [-0.39, 0.29) is 32.6 Å². The molecule has 8 nitrogen and oxygen atoms in total. The lowest BCUT2D eigenvalue weighted by atomic mass is 10.3. The van der Waals surface area contributed by atoms with Gasteiger partial charge in [0.05, 0.1) is 51.5 Å². The van der Waals surface area contributed by atoms with E-state index in [2.05, 4.69) is 4.90 Å². The van der Waals surface area contributed by atoms with Crippen LogP contribution in [0.5, 0.6) is 0 Å². The lowest BCUT2D eigenvalue weighted by Gasteiger charge is -2.34. The van der Waals surface area contributed by atoms with Crippen molar-refractivity contribution in [1.29, 1.82) is 0 Å². The zero-order chi connectivity index (χ0) is 18.8. The lowest BCUT2D eigenvalue weighted by Crippen LogP contribution is -2.42. The number of hydrogen-bond donors (Lipinski definition) is 0. The molecule has 0 amide bonds. The molecule has 10 heteroatoms. The van der Waals surface area contributed by atoms with Crippen LogP contribution < -0.4 is 0 Å². The maximum absolute atomic E-state index is 13.3. The average Bonchev–Trinajstić information content (AvgIpc) is 2.56. The van der Waals surface area contributed by atoms with Crippen LogP contribution in [0.2, 0.25) is 0 Å². The molecule has 0 aliphatic carbocycles. The Morgan fingerprint density at radius 1 is 0.880 bits per heavy atom. The van der Waals surface area contributed by atoms with Crippen LogP contribution in [0.3, 0.4) is 0 Å². The van der Waals surface area contributed by atoms with Crippen LogP contribution in [0, 0.1) is 0 Å². The highest BCUT2D eigenvalue weighted by atomic mass is 31.2. The van der Waals surface area contributed by atoms with Gasteiger partial charge in [-0.05, 0) is 27.7 Å². The standard InChI is InChI=1S/C15H33NO7P2/c1-5-20-24(17,21-6-2)14-15(13-16-9-11-19-12-10-16)25(18,22-7-3)23-8-4/h15H,5-14H2,1-4H3. The monoisotopic (exact) mass is 401 g/mol. The van der Waals surface area contributed by atoms with E-state index in [0.717, 1.165) is 13.1 Å². The molecule has 1 rings (SSSR count). The summed E-state index contributed by atoms with van der Waals surface area (Å²) in [6, 6.07) is 0. The molecule has 1 aliphatic rings. The second kappa shape index (κ2) is 11.8. The molecule has 0 aromatic heterocycles. The van der Waals surface area contributed by atoms with Gasteiger partial charge in [-0.15, -0.1) is 0 Å². The summed E-state index contributed by atoms with van der Waals surface area (Å²) >= 11 is 0. The molecule has 1 heterocycles. The quantitative estimate of drug-likeness (QED) is 0.435. The SMILES string of the molecule is CCOP(=O)(CC(CN1CCOCC1)P(=O)(OCC)OCC)OCC. The van der Waals surface area contributed by atoms with Crippen molar-refractivity contribution < 1.29 is 32.0 Å². The first kappa shape index (κ1) is 23.3. The normalized spacial score (nSPS) is 18.4. The summed E-state index contributed by atoms with van der Waals surface area (Å²) in [6.07, 6.45) is 0.00329. The summed E-state index contributed by atoms with van der Waals surface area (Å²) < 4.78 is 53.5. The van der Waals surface area contributed by atoms with Gasteiger partial charge < -0.3 is 22.8 Å². The molecule has 150 valence electrons. The molecule has 1 aliphatic heterocycles. The second-order valence-electron chi connectivity index (χ2n) is 5.57. The summed E-state index contributed by atoms with van der Waals surface area (Å²) in [4.78, 5) is 2.13. The van der Waals surface area contributed by atoms with Gasteiger partial charge in [0, 0.05) is 19.6 Å². The predicted molar refractivity (Wildman–Crippen MR) is 97.6 cm³/mol. The van der Waals surface area contributed by atoms with Gasteiger partial charge >= 0.3 is 15.2 Å². The molecule has 0 aromatic carbocycles. The van der Waals surface area contributed by atoms with Crippen molar-refractivity contribution in [2.24, 2.45) is 0 Å². The Hall–Kier alpha value is 0.220. The Balaban J connectivity index is 3.02. The third kappa shape index (κ3) is 7.77. The van der Waals surface area contributed by atoms with Crippen molar-refractivity contribution in [3.05, 3.63) is 0 Å². The molecule has 0 aromatic rings. The fourth-order valence-corrected chi connectivity index (χ4v) is 7.49. The average molecular weight is 401 g/mol. The number of rotatable bonds is 13. The van der Waals surface area contributed by atoms with Crippen LogP contribution >= 0.6 is 15.2 Å². The molecule has 0 saturated carbocycles. The first-order valence-corrected chi connectivity index (χ1v) is 12.3. The van der Waals surface area contributed by atoms with Gasteiger partial charge in [-0.1, -0.05) is 0 Å². The largest absolute Gasteiger partial charge is 0.379 e. The molecule has 0 radical (unpaired) electrons. The zero-order valence-corrected chi connectivity index (χ0v) is 17.6. The van der Waals surface area contributed by atoms with E-state index in [1.165, 1.54) is 0 Å². The van der Waals surface area contributed by atoms with Crippen LogP contribution in [0.15, 0.2) is 0 Å². The number of morpholine rings is 1. The van der Waals surface area contributed by atoms with Gasteiger partial charge in [0.1, 0.15) is 0 Å². The van der Waals surface area contributed by atoms with E-state index in [1.54, 1.807) is 27.7 Å². The minimum Gasteiger partial charge on any atom is -0.379 e. The van der Waals surface area contributed by atoms with Crippen LogP contribution in [0.1, 0.15) is 27.7 Å². The second-order valence-corrected chi connectivity index (χ2v) is 10.0. The summed E-state index contributed by atoms with van der Waals surface area (Å²) in [5.41, 5.74) is -0.588. The van der Waals surface area contributed by atoms with Crippen molar-refractivity contribution >= 4 is 15.2 Å². The number of hydrogen-bond acceptors (Lipinski definition) is 8. The molecule has 1 unspecified atom stereocenters. The fourth-order valence-electron chi connectivity index (χ4n) is 2.74. The Bertz CT molecular complexity index is 437. The summed E-state index contributed by atoms with van der Waals surface area (Å²) in [6.45, 7) is 11.2. The van der Waals surface area contributed by atoms with Gasteiger partial charge in [0.15, 0.2) is 0 Å². The summed E-state index contributed by atoms with van der Waals surface area (Å²) in [5.74, 6) is 0. The molecule has 25 heavy (non-hydrogen) atoms. The molecular formula is C15H33NO7P2. The van der Waals surface area contributed by atoms with Crippen molar-refractivity contribution in [3.63, 3.8) is 0 Å². The highest BCUT2D eigenvalue weighted by molar-refractivity contribution is 7.58. The van der Waals surface area contributed by atoms with Crippen molar-refractivity contribution in [1.82, 2.24) is 4.90 Å². The third-order valence-electron chi connectivity index (χ3n) is 3.72. The van der Waals surface area contributed by atoms with Gasteiger partial charge in [-0.25, -0.2) is 0 Å². The third-order valence-corrected chi connectivity index (χ3v) is 8.68. The molecule has 1 fully saturated rings. The number of nitrogens with zero attached hydrogens (tertiary/aromatic N) is 1. The molecule has 0 N–H and O–H groups in total. The highest BCUT2D eigenvalue weighted by Gasteiger charge is 2.42. The van der Waals surface area contributed by atoms with Crippen LogP contribution in [0.25, 0.3) is 0 Å². The maximum atomic E-state index is 13.3. The topological polar surface area (TPSA) is 83.5 Å². The maximum Gasteiger partial charge on any atom is 0.335 e. The van der Waals surface area contributed by atoms with Crippen molar-refractivity contribution in [2.75, 3.05) is 65.4 Å². The Kier molecular flexibility index (Phi) is 11.0. The summed E-state index contributed by atoms with van der Waals surface area (Å²) in [7, 11) is -6.83. The van der Waals surface area contributed by atoms with E-state index < -0.39 is 20.9 Å². The van der Waals surface area contributed by atoms with Gasteiger partial charge in [0.25, 0.3) is 0 Å². The summed E-state index contributed by atoms with van der Waals surface area (Å²) in [5, 5.41) is 0. The van der Waals surface area contributed by atoms with Crippen LogP contribution in [-0.4, -0.2) is 76.0 Å². The van der Waals surface area contributed by atoms with E-state index in [0.29, 0.717) is 19.8 Å². The Morgan fingerprint density at radius 2 is 1.36 bits per heavy atom. The zero-order valence-electron chi connectivity index (χ0n) is 15.8. The first-order valence-electron chi connectivity index (χ1n) is 9.00. The molecule has 1 atom stereocenters. The minimum absolute atomic E-state index is 0.00329. The van der Waals surface area contributed by atoms with E-state index in [4.69, 9.17) is 22.8 Å². The van der Waals surface area contributed by atoms with Gasteiger partial charge in [0.2, 0.25) is 0 Å². The highest BCUT2D eigenvalue weighted by Crippen LogP contribution is 2.60. The van der Waals surface area contributed by atoms with E-state index in [9.17, 15) is 9.13 Å². The lowest BCUT2D eigenvalue weighted by molar-refractivity contribution is 0.0368. The number of ether oxygens (including phenoxy) is 1. The van der Waals surface area contributed by atoms with E-state index in [1.807, 2.05) is 0 Å². The van der Waals surface area contributed by atoms with Gasteiger partial charge in [-0.3, -0.25) is 14.0 Å². The van der Waals surface area contributed by atoms with Crippen LogP contribution in [0.4, 0.5) is 0 Å². The smallest absolute Gasteiger partial charge is 0.335 e. The molecule has 0 spiro atoms. The molecular weight excluding hydrogens is 368 g/mol. The fraction of sp³-hybridized carbons (Fsp3) is 1.00. The van der Waals surface area contributed by atoms with Crippen LogP contribution in [-0.2, 0) is 32.0 Å². The first-order chi connectivity index (χ1) is 11.9. The van der Waals surface area contributed by atoms with Gasteiger partial charge in [-0.2, -0.15) is 0 Å². The van der Waals surface area contributed by atoms with Crippen molar-refractivity contribution in [2.45, 2.75) is 33.4 Å². The minimum atomic E-state index is -3.45. The van der Waals surface area contributed by atoms with Crippen molar-refractivity contribution in [3.8, 4) is 0 Å².